The molecule has 2 unspecified atom stereocenters. The van der Waals surface area contributed by atoms with Gasteiger partial charge in [-0.25, -0.2) is 0 Å². The molecule has 0 heterocycles. The van der Waals surface area contributed by atoms with Crippen molar-refractivity contribution in [2.75, 3.05) is 0 Å². The Morgan fingerprint density at radius 1 is 1.00 bits per heavy atom. The highest BCUT2D eigenvalue weighted by atomic mass is 16.4. The predicted octanol–water partition coefficient (Wildman–Crippen LogP) is 4.33. The summed E-state index contributed by atoms with van der Waals surface area (Å²) in [5, 5.41) is 12.8. The lowest BCUT2D eigenvalue weighted by Gasteiger charge is -2.41. The first kappa shape index (κ1) is 13.5. The summed E-state index contributed by atoms with van der Waals surface area (Å²) in [7, 11) is 0. The van der Waals surface area contributed by atoms with Gasteiger partial charge in [0.1, 0.15) is 0 Å². The van der Waals surface area contributed by atoms with Crippen LogP contribution in [-0.2, 0) is 0 Å². The minimum absolute atomic E-state index is 0.213. The quantitative estimate of drug-likeness (QED) is 0.483. The van der Waals surface area contributed by atoms with Crippen molar-refractivity contribution < 1.29 is 5.21 Å². The molecule has 0 saturated heterocycles. The maximum Gasteiger partial charge on any atom is 0.0609 e. The number of hydrogen-bond acceptors (Lipinski definition) is 2. The van der Waals surface area contributed by atoms with Gasteiger partial charge in [0.15, 0.2) is 0 Å². The van der Waals surface area contributed by atoms with Crippen LogP contribution in [0.15, 0.2) is 5.16 Å². The van der Waals surface area contributed by atoms with Gasteiger partial charge in [-0.15, -0.1) is 0 Å². The third kappa shape index (κ3) is 2.99. The summed E-state index contributed by atoms with van der Waals surface area (Å²) in [4.78, 5) is 0. The highest BCUT2D eigenvalue weighted by molar-refractivity contribution is 5.87. The Morgan fingerprint density at radius 2 is 1.56 bits per heavy atom. The molecule has 1 rings (SSSR count). The average molecular weight is 225 g/mol. The smallest absolute Gasteiger partial charge is 0.0609 e. The summed E-state index contributed by atoms with van der Waals surface area (Å²) in [5.74, 6) is 1.09. The Morgan fingerprint density at radius 3 is 1.94 bits per heavy atom. The second-order valence-electron chi connectivity index (χ2n) is 7.35. The highest BCUT2D eigenvalue weighted by Gasteiger charge is 2.38. The Hall–Kier alpha value is -0.530. The molecule has 0 spiro atoms. The molecular formula is C14H27NO. The molecule has 1 N–H and O–H groups in total. The summed E-state index contributed by atoms with van der Waals surface area (Å²) >= 11 is 0. The summed E-state index contributed by atoms with van der Waals surface area (Å²) in [6.45, 7) is 13.6. The fraction of sp³-hybridized carbons (Fsp3) is 0.929. The van der Waals surface area contributed by atoms with Gasteiger partial charge in [-0.2, -0.15) is 0 Å². The summed E-state index contributed by atoms with van der Waals surface area (Å²) in [6, 6.07) is 0. The number of rotatable bonds is 0. The largest absolute Gasteiger partial charge is 0.411 e. The van der Waals surface area contributed by atoms with Gasteiger partial charge in [-0.05, 0) is 36.0 Å². The average Bonchev–Trinajstić information content (AvgIpc) is 2.14. The molecule has 2 atom stereocenters. The molecule has 0 bridgehead atoms. The van der Waals surface area contributed by atoms with Crippen molar-refractivity contribution in [1.82, 2.24) is 0 Å². The maximum atomic E-state index is 9.20. The molecule has 0 aliphatic heterocycles. The van der Waals surface area contributed by atoms with Gasteiger partial charge in [0.25, 0.3) is 0 Å². The van der Waals surface area contributed by atoms with Gasteiger partial charge in [0.2, 0.25) is 0 Å². The van der Waals surface area contributed by atoms with Crippen molar-refractivity contribution in [3.63, 3.8) is 0 Å². The van der Waals surface area contributed by atoms with E-state index in [0.717, 1.165) is 18.6 Å². The SMILES string of the molecule is CC(C)(C)C1CCC(C(C)(C)C)C(=NO)C1. The minimum atomic E-state index is 0.213. The molecule has 0 aromatic rings. The fourth-order valence-corrected chi connectivity index (χ4v) is 2.81. The lowest BCUT2D eigenvalue weighted by molar-refractivity contribution is 0.167. The van der Waals surface area contributed by atoms with Crippen LogP contribution in [0, 0.1) is 22.7 Å². The van der Waals surface area contributed by atoms with Crippen LogP contribution in [0.2, 0.25) is 0 Å². The molecule has 16 heavy (non-hydrogen) atoms. The third-order valence-corrected chi connectivity index (χ3v) is 4.06. The van der Waals surface area contributed by atoms with E-state index in [1.54, 1.807) is 0 Å². The van der Waals surface area contributed by atoms with Crippen LogP contribution < -0.4 is 0 Å². The maximum absolute atomic E-state index is 9.20. The topological polar surface area (TPSA) is 32.6 Å². The van der Waals surface area contributed by atoms with Gasteiger partial charge in [-0.1, -0.05) is 46.7 Å². The van der Waals surface area contributed by atoms with Crippen LogP contribution in [0.25, 0.3) is 0 Å². The van der Waals surface area contributed by atoms with Crippen LogP contribution in [0.3, 0.4) is 0 Å². The first-order valence-electron chi connectivity index (χ1n) is 6.37. The first-order valence-corrected chi connectivity index (χ1v) is 6.37. The minimum Gasteiger partial charge on any atom is -0.411 e. The molecule has 1 aliphatic carbocycles. The molecular weight excluding hydrogens is 198 g/mol. The van der Waals surface area contributed by atoms with Crippen molar-refractivity contribution >= 4 is 5.71 Å². The lowest BCUT2D eigenvalue weighted by Crippen LogP contribution is -2.37. The number of hydrogen-bond donors (Lipinski definition) is 1. The number of oxime groups is 1. The molecule has 1 aliphatic rings. The van der Waals surface area contributed by atoms with E-state index in [1.807, 2.05) is 0 Å². The van der Waals surface area contributed by atoms with Crippen molar-refractivity contribution in [3.05, 3.63) is 0 Å². The van der Waals surface area contributed by atoms with E-state index in [0.29, 0.717) is 17.3 Å². The normalized spacial score (nSPS) is 30.8. The van der Waals surface area contributed by atoms with E-state index < -0.39 is 0 Å². The number of nitrogens with zero attached hydrogens (tertiary/aromatic N) is 1. The molecule has 2 heteroatoms. The molecule has 0 radical (unpaired) electrons. The van der Waals surface area contributed by atoms with E-state index in [2.05, 4.69) is 46.7 Å². The standard InChI is InChI=1S/C14H27NO/c1-13(2,3)10-7-8-11(14(4,5)6)12(9-10)15-16/h10-11,16H,7-9H2,1-6H3. The van der Waals surface area contributed by atoms with Gasteiger partial charge in [0, 0.05) is 5.92 Å². The van der Waals surface area contributed by atoms with Crippen molar-refractivity contribution in [3.8, 4) is 0 Å². The summed E-state index contributed by atoms with van der Waals surface area (Å²) in [5.41, 5.74) is 1.54. The molecule has 94 valence electrons. The van der Waals surface area contributed by atoms with Gasteiger partial charge in [-0.3, -0.25) is 0 Å². The van der Waals surface area contributed by atoms with Crippen LogP contribution in [0.5, 0.6) is 0 Å². The molecule has 2 nitrogen and oxygen atoms in total. The van der Waals surface area contributed by atoms with E-state index in [4.69, 9.17) is 0 Å². The molecule has 1 saturated carbocycles. The summed E-state index contributed by atoms with van der Waals surface area (Å²) < 4.78 is 0. The van der Waals surface area contributed by atoms with E-state index >= 15 is 0 Å². The van der Waals surface area contributed by atoms with Crippen molar-refractivity contribution in [2.45, 2.75) is 60.8 Å². The van der Waals surface area contributed by atoms with Crippen molar-refractivity contribution in [2.24, 2.45) is 27.8 Å². The van der Waals surface area contributed by atoms with Crippen molar-refractivity contribution in [1.29, 1.82) is 0 Å². The van der Waals surface area contributed by atoms with Gasteiger partial charge >= 0.3 is 0 Å². The summed E-state index contributed by atoms with van der Waals surface area (Å²) in [6.07, 6.45) is 3.37. The van der Waals surface area contributed by atoms with E-state index in [9.17, 15) is 5.21 Å². The zero-order valence-electron chi connectivity index (χ0n) is 11.7. The van der Waals surface area contributed by atoms with Gasteiger partial charge < -0.3 is 5.21 Å². The first-order chi connectivity index (χ1) is 7.16. The Balaban J connectivity index is 2.81. The fourth-order valence-electron chi connectivity index (χ4n) is 2.81. The van der Waals surface area contributed by atoms with Crippen LogP contribution in [0.4, 0.5) is 0 Å². The lowest BCUT2D eigenvalue weighted by atomic mass is 9.63. The third-order valence-electron chi connectivity index (χ3n) is 4.06. The van der Waals surface area contributed by atoms with E-state index in [1.165, 1.54) is 6.42 Å². The molecule has 1 fully saturated rings. The monoisotopic (exact) mass is 225 g/mol. The second kappa shape index (κ2) is 4.38. The molecule has 0 aromatic carbocycles. The highest BCUT2D eigenvalue weighted by Crippen LogP contribution is 2.43. The zero-order valence-corrected chi connectivity index (χ0v) is 11.7. The van der Waals surface area contributed by atoms with Crippen LogP contribution >= 0.6 is 0 Å². The Kier molecular flexibility index (Phi) is 3.71. The zero-order chi connectivity index (χ0) is 12.6. The van der Waals surface area contributed by atoms with Crippen LogP contribution in [-0.4, -0.2) is 10.9 Å². The second-order valence-corrected chi connectivity index (χ2v) is 7.35. The van der Waals surface area contributed by atoms with Gasteiger partial charge in [0.05, 0.1) is 5.71 Å². The predicted molar refractivity (Wildman–Crippen MR) is 69.0 cm³/mol. The van der Waals surface area contributed by atoms with Crippen LogP contribution in [0.1, 0.15) is 60.8 Å². The molecule has 0 amide bonds. The Bertz CT molecular complexity index is 267. The Labute approximate surface area is 100 Å². The molecule has 0 aromatic heterocycles. The van der Waals surface area contributed by atoms with E-state index in [-0.39, 0.29) is 5.41 Å².